The molecule has 1 amide bonds. The molecule has 0 bridgehead atoms. The van der Waals surface area contributed by atoms with Crippen molar-refractivity contribution in [2.45, 2.75) is 19.2 Å². The second kappa shape index (κ2) is 5.94. The number of carbonyl (C=O) groups excluding carboxylic acids is 1. The van der Waals surface area contributed by atoms with Gasteiger partial charge in [0.25, 0.3) is 5.91 Å². The van der Waals surface area contributed by atoms with Crippen molar-refractivity contribution in [3.63, 3.8) is 0 Å². The number of aromatic nitrogens is 1. The predicted octanol–water partition coefficient (Wildman–Crippen LogP) is 2.24. The number of aryl methyl sites for hydroxylation is 1. The molecule has 2 aromatic rings. The minimum atomic E-state index is -4.55. The number of carbonyl (C=O) groups is 1. The molecule has 1 aliphatic rings. The summed E-state index contributed by atoms with van der Waals surface area (Å²) in [5.74, 6) is -0.725. The first kappa shape index (κ1) is 16.5. The third-order valence-corrected chi connectivity index (χ3v) is 3.99. The van der Waals surface area contributed by atoms with E-state index in [0.717, 1.165) is 10.5 Å². The first-order valence-corrected chi connectivity index (χ1v) is 7.37. The Labute approximate surface area is 135 Å². The van der Waals surface area contributed by atoms with E-state index in [0.29, 0.717) is 10.9 Å². The maximum atomic E-state index is 12.8. The summed E-state index contributed by atoms with van der Waals surface area (Å²) in [6.45, 7) is 0.980. The molecule has 0 radical (unpaired) electrons. The number of fused-ring (bicyclic) bond motifs is 1. The van der Waals surface area contributed by atoms with E-state index in [4.69, 9.17) is 0 Å². The average Bonchev–Trinajstić information content (AvgIpc) is 2.54. The van der Waals surface area contributed by atoms with Crippen molar-refractivity contribution < 1.29 is 22.7 Å². The summed E-state index contributed by atoms with van der Waals surface area (Å²) in [4.78, 5) is 28.9. The number of nitrogens with one attached hydrogen (secondary N) is 1. The van der Waals surface area contributed by atoms with Gasteiger partial charge in [-0.1, -0.05) is 11.6 Å². The fraction of sp³-hybridized carbons (Fsp3) is 0.375. The van der Waals surface area contributed by atoms with Gasteiger partial charge in [-0.15, -0.1) is 0 Å². The molecule has 1 aliphatic heterocycles. The van der Waals surface area contributed by atoms with Gasteiger partial charge < -0.3 is 14.6 Å². The van der Waals surface area contributed by atoms with Crippen LogP contribution in [0.25, 0.3) is 10.9 Å². The lowest BCUT2D eigenvalue weighted by Crippen LogP contribution is -2.51. The van der Waals surface area contributed by atoms with E-state index in [9.17, 15) is 22.8 Å². The number of aromatic amines is 1. The van der Waals surface area contributed by atoms with Crippen LogP contribution in [-0.4, -0.2) is 47.8 Å². The third-order valence-electron chi connectivity index (χ3n) is 3.99. The number of halogens is 3. The summed E-state index contributed by atoms with van der Waals surface area (Å²) in [6, 6.07) is 5.17. The Balaban J connectivity index is 1.94. The Bertz CT molecular complexity index is 845. The minimum Gasteiger partial charge on any atom is -0.365 e. The second-order valence-corrected chi connectivity index (χ2v) is 5.73. The van der Waals surface area contributed by atoms with E-state index in [1.165, 1.54) is 6.20 Å². The van der Waals surface area contributed by atoms with Crippen molar-refractivity contribution in [3.8, 4) is 0 Å². The number of morpholine rings is 1. The first-order valence-electron chi connectivity index (χ1n) is 7.37. The summed E-state index contributed by atoms with van der Waals surface area (Å²) in [5.41, 5.74) is 0.752. The number of hydrogen-bond donors (Lipinski definition) is 1. The van der Waals surface area contributed by atoms with E-state index < -0.39 is 30.2 Å². The maximum Gasteiger partial charge on any atom is 0.416 e. The number of nitrogens with zero attached hydrogens (tertiary/aromatic N) is 1. The van der Waals surface area contributed by atoms with E-state index >= 15 is 0 Å². The van der Waals surface area contributed by atoms with Crippen LogP contribution in [0, 0.1) is 6.92 Å². The van der Waals surface area contributed by atoms with Crippen LogP contribution in [0.1, 0.15) is 15.9 Å². The number of rotatable bonds is 1. The number of pyridine rings is 1. The van der Waals surface area contributed by atoms with Gasteiger partial charge in [0.15, 0.2) is 6.10 Å². The van der Waals surface area contributed by atoms with Crippen molar-refractivity contribution >= 4 is 16.8 Å². The monoisotopic (exact) mass is 340 g/mol. The molecule has 0 saturated carbocycles. The lowest BCUT2D eigenvalue weighted by Gasteiger charge is -2.33. The highest BCUT2D eigenvalue weighted by Gasteiger charge is 2.44. The van der Waals surface area contributed by atoms with E-state index in [-0.39, 0.29) is 18.7 Å². The molecule has 3 rings (SSSR count). The van der Waals surface area contributed by atoms with Gasteiger partial charge in [0, 0.05) is 23.6 Å². The molecule has 1 N–H and O–H groups in total. The zero-order valence-corrected chi connectivity index (χ0v) is 12.8. The van der Waals surface area contributed by atoms with Crippen molar-refractivity contribution in [2.24, 2.45) is 0 Å². The van der Waals surface area contributed by atoms with Gasteiger partial charge >= 0.3 is 6.18 Å². The summed E-state index contributed by atoms with van der Waals surface area (Å²) < 4.78 is 43.0. The standard InChI is InChI=1S/C16H15F3N2O3/c1-9-2-3-12-10(6-9)14(22)11(7-20-12)15(23)21-4-5-24-13(8-21)16(17,18)19/h2-3,6-7,13H,4-5,8H2,1H3,(H,20,22)/t13-/m1/s1. The van der Waals surface area contributed by atoms with Gasteiger partial charge in [-0.2, -0.15) is 13.2 Å². The highest BCUT2D eigenvalue weighted by Crippen LogP contribution is 2.26. The molecule has 0 aliphatic carbocycles. The topological polar surface area (TPSA) is 62.4 Å². The summed E-state index contributed by atoms with van der Waals surface area (Å²) in [5, 5.41) is 0.335. The van der Waals surface area contributed by atoms with Gasteiger partial charge in [-0.3, -0.25) is 9.59 Å². The molecule has 1 atom stereocenters. The molecular formula is C16H15F3N2O3. The first-order chi connectivity index (χ1) is 11.3. The molecule has 8 heteroatoms. The van der Waals surface area contributed by atoms with Crippen LogP contribution in [0.4, 0.5) is 13.2 Å². The molecule has 1 saturated heterocycles. The predicted molar refractivity (Wildman–Crippen MR) is 81.0 cm³/mol. The highest BCUT2D eigenvalue weighted by atomic mass is 19.4. The van der Waals surface area contributed by atoms with Gasteiger partial charge in [0.2, 0.25) is 5.43 Å². The van der Waals surface area contributed by atoms with Crippen LogP contribution >= 0.6 is 0 Å². The van der Waals surface area contributed by atoms with Crippen LogP contribution in [0.15, 0.2) is 29.2 Å². The van der Waals surface area contributed by atoms with E-state index in [1.807, 2.05) is 13.0 Å². The van der Waals surface area contributed by atoms with Crippen molar-refractivity contribution in [1.82, 2.24) is 9.88 Å². The van der Waals surface area contributed by atoms with Crippen LogP contribution in [-0.2, 0) is 4.74 Å². The molecular weight excluding hydrogens is 325 g/mol. The SMILES string of the molecule is Cc1ccc2[nH]cc(C(=O)N3CCO[C@@H](C(F)(F)F)C3)c(=O)c2c1. The molecule has 2 heterocycles. The minimum absolute atomic E-state index is 0.0106. The normalized spacial score (nSPS) is 18.8. The van der Waals surface area contributed by atoms with E-state index in [1.54, 1.807) is 12.1 Å². The Morgan fingerprint density at radius 2 is 2.12 bits per heavy atom. The molecule has 5 nitrogen and oxygen atoms in total. The lowest BCUT2D eigenvalue weighted by atomic mass is 10.1. The van der Waals surface area contributed by atoms with E-state index in [2.05, 4.69) is 9.72 Å². The molecule has 0 spiro atoms. The Kier molecular flexibility index (Phi) is 4.08. The smallest absolute Gasteiger partial charge is 0.365 e. The summed E-state index contributed by atoms with van der Waals surface area (Å²) >= 11 is 0. The average molecular weight is 340 g/mol. The van der Waals surface area contributed by atoms with Crippen molar-refractivity contribution in [3.05, 3.63) is 45.7 Å². The number of amides is 1. The van der Waals surface area contributed by atoms with Gasteiger partial charge in [-0.25, -0.2) is 0 Å². The fourth-order valence-corrected chi connectivity index (χ4v) is 2.69. The molecule has 1 aromatic heterocycles. The Morgan fingerprint density at radius 3 is 2.83 bits per heavy atom. The van der Waals surface area contributed by atoms with Crippen LogP contribution < -0.4 is 5.43 Å². The van der Waals surface area contributed by atoms with Crippen LogP contribution in [0.5, 0.6) is 0 Å². The zero-order chi connectivity index (χ0) is 17.5. The quantitative estimate of drug-likeness (QED) is 0.866. The highest BCUT2D eigenvalue weighted by molar-refractivity contribution is 5.97. The molecule has 128 valence electrons. The van der Waals surface area contributed by atoms with Gasteiger partial charge in [0.1, 0.15) is 5.56 Å². The third kappa shape index (κ3) is 3.01. The molecule has 1 aromatic carbocycles. The lowest BCUT2D eigenvalue weighted by molar-refractivity contribution is -0.233. The van der Waals surface area contributed by atoms with Crippen LogP contribution in [0.3, 0.4) is 0 Å². The van der Waals surface area contributed by atoms with Crippen LogP contribution in [0.2, 0.25) is 0 Å². The summed E-state index contributed by atoms with van der Waals surface area (Å²) in [7, 11) is 0. The zero-order valence-electron chi connectivity index (χ0n) is 12.8. The number of benzene rings is 1. The maximum absolute atomic E-state index is 12.8. The Morgan fingerprint density at radius 1 is 1.38 bits per heavy atom. The number of hydrogen-bond acceptors (Lipinski definition) is 3. The van der Waals surface area contributed by atoms with Crippen molar-refractivity contribution in [1.29, 1.82) is 0 Å². The number of H-pyrrole nitrogens is 1. The van der Waals surface area contributed by atoms with Gasteiger partial charge in [0.05, 0.1) is 13.2 Å². The molecule has 1 fully saturated rings. The number of ether oxygens (including phenoxy) is 1. The largest absolute Gasteiger partial charge is 0.416 e. The summed E-state index contributed by atoms with van der Waals surface area (Å²) in [6.07, 6.45) is -5.33. The number of alkyl halides is 3. The second-order valence-electron chi connectivity index (χ2n) is 5.73. The molecule has 0 unspecified atom stereocenters. The van der Waals surface area contributed by atoms with Gasteiger partial charge in [-0.05, 0) is 19.1 Å². The fourth-order valence-electron chi connectivity index (χ4n) is 2.69. The van der Waals surface area contributed by atoms with Crippen molar-refractivity contribution in [2.75, 3.05) is 19.7 Å². The molecule has 24 heavy (non-hydrogen) atoms. The Hall–Kier alpha value is -2.35.